The summed E-state index contributed by atoms with van der Waals surface area (Å²) in [6, 6.07) is 4.80. The van der Waals surface area contributed by atoms with Gasteiger partial charge in [0, 0.05) is 25.1 Å². The Morgan fingerprint density at radius 2 is 2.00 bits per heavy atom. The van der Waals surface area contributed by atoms with E-state index in [9.17, 15) is 23.2 Å². The number of fused-ring (bicyclic) bond motifs is 1. The van der Waals surface area contributed by atoms with Crippen LogP contribution >= 0.6 is 0 Å². The molecule has 1 aromatic rings. The highest BCUT2D eigenvalue weighted by atomic mass is 19.3. The molecule has 2 fully saturated rings. The summed E-state index contributed by atoms with van der Waals surface area (Å²) in [4.78, 5) is 39.7. The predicted molar refractivity (Wildman–Crippen MR) is 105 cm³/mol. The van der Waals surface area contributed by atoms with Crippen LogP contribution in [0.2, 0.25) is 0 Å². The number of halogens is 2. The molecule has 1 aromatic carbocycles. The fraction of sp³-hybridized carbons (Fsp3) is 0.571. The number of carbonyl (C=O) groups is 3. The summed E-state index contributed by atoms with van der Waals surface area (Å²) >= 11 is 0. The third-order valence-electron chi connectivity index (χ3n) is 5.92. The van der Waals surface area contributed by atoms with Crippen molar-refractivity contribution in [2.75, 3.05) is 26.2 Å². The quantitative estimate of drug-likeness (QED) is 0.720. The summed E-state index contributed by atoms with van der Waals surface area (Å²) in [6.45, 7) is 1.17. The Morgan fingerprint density at radius 1 is 1.17 bits per heavy atom. The lowest BCUT2D eigenvalue weighted by molar-refractivity contribution is -0.136. The van der Waals surface area contributed by atoms with E-state index in [0.29, 0.717) is 38.2 Å². The van der Waals surface area contributed by atoms with E-state index in [-0.39, 0.29) is 31.3 Å². The molecule has 162 valence electrons. The molecule has 3 heterocycles. The lowest BCUT2D eigenvalue weighted by Gasteiger charge is -2.29. The predicted octanol–water partition coefficient (Wildman–Crippen LogP) is 1.27. The van der Waals surface area contributed by atoms with Crippen LogP contribution in [0, 0.1) is 0 Å². The molecule has 9 heteroatoms. The van der Waals surface area contributed by atoms with E-state index in [4.69, 9.17) is 0 Å². The van der Waals surface area contributed by atoms with Gasteiger partial charge in [0.2, 0.25) is 11.8 Å². The van der Waals surface area contributed by atoms with E-state index >= 15 is 0 Å². The van der Waals surface area contributed by atoms with Gasteiger partial charge in [0.1, 0.15) is 6.04 Å². The van der Waals surface area contributed by atoms with Gasteiger partial charge in [-0.3, -0.25) is 24.6 Å². The average molecular weight is 420 g/mol. The molecular formula is C21H26F2N4O3. The zero-order valence-electron chi connectivity index (χ0n) is 16.8. The van der Waals surface area contributed by atoms with Crippen molar-refractivity contribution in [3.63, 3.8) is 0 Å². The Morgan fingerprint density at radius 3 is 2.80 bits per heavy atom. The molecule has 1 atom stereocenters. The van der Waals surface area contributed by atoms with Gasteiger partial charge in [0.25, 0.3) is 11.8 Å². The topological polar surface area (TPSA) is 81.8 Å². The largest absolute Gasteiger partial charge is 0.322 e. The van der Waals surface area contributed by atoms with Gasteiger partial charge in [-0.25, -0.2) is 8.78 Å². The molecule has 0 aliphatic carbocycles. The maximum Gasteiger partial charge on any atom is 0.272 e. The standard InChI is InChI=1S/C21H26F2N4O3/c22-21(23)12-24-7-1-2-8-26(13-21)10-14-3-4-15-11-27(20(30)16(15)9-14)17-5-6-18(28)25-19(17)29/h3-4,9,17,24H,1-2,5-8,10-13H2,(H,25,28,29). The summed E-state index contributed by atoms with van der Waals surface area (Å²) < 4.78 is 28.3. The highest BCUT2D eigenvalue weighted by Crippen LogP contribution is 2.29. The Balaban J connectivity index is 1.47. The van der Waals surface area contributed by atoms with Crippen LogP contribution in [0.3, 0.4) is 0 Å². The van der Waals surface area contributed by atoms with Crippen molar-refractivity contribution >= 4 is 17.7 Å². The molecule has 4 rings (SSSR count). The number of alkyl halides is 2. The number of hydrogen-bond acceptors (Lipinski definition) is 5. The van der Waals surface area contributed by atoms with Crippen LogP contribution in [0.25, 0.3) is 0 Å². The average Bonchev–Trinajstić information content (AvgIpc) is 3.03. The van der Waals surface area contributed by atoms with Gasteiger partial charge in [0.05, 0.1) is 13.1 Å². The zero-order chi connectivity index (χ0) is 21.3. The Bertz CT molecular complexity index is 861. The fourth-order valence-corrected chi connectivity index (χ4v) is 4.41. The van der Waals surface area contributed by atoms with E-state index in [1.54, 1.807) is 11.0 Å². The molecule has 2 saturated heterocycles. The first-order valence-corrected chi connectivity index (χ1v) is 10.4. The van der Waals surface area contributed by atoms with Crippen LogP contribution in [0.1, 0.15) is 47.2 Å². The molecule has 1 unspecified atom stereocenters. The van der Waals surface area contributed by atoms with Crippen LogP contribution < -0.4 is 10.6 Å². The zero-order valence-corrected chi connectivity index (χ0v) is 16.8. The van der Waals surface area contributed by atoms with E-state index in [1.165, 1.54) is 4.90 Å². The number of benzene rings is 1. The second-order valence-corrected chi connectivity index (χ2v) is 8.34. The molecule has 0 spiro atoms. The monoisotopic (exact) mass is 420 g/mol. The first-order valence-electron chi connectivity index (χ1n) is 10.4. The fourth-order valence-electron chi connectivity index (χ4n) is 4.41. The summed E-state index contributed by atoms with van der Waals surface area (Å²) in [5.74, 6) is -3.82. The van der Waals surface area contributed by atoms with Gasteiger partial charge in [-0.1, -0.05) is 12.1 Å². The molecule has 2 N–H and O–H groups in total. The van der Waals surface area contributed by atoms with Crippen molar-refractivity contribution in [2.45, 2.75) is 50.7 Å². The number of hydrogen-bond donors (Lipinski definition) is 2. The molecule has 7 nitrogen and oxygen atoms in total. The molecule has 0 saturated carbocycles. The maximum absolute atomic E-state index is 14.2. The van der Waals surface area contributed by atoms with Crippen molar-refractivity contribution in [1.29, 1.82) is 0 Å². The van der Waals surface area contributed by atoms with E-state index in [1.807, 2.05) is 12.1 Å². The van der Waals surface area contributed by atoms with Gasteiger partial charge < -0.3 is 10.2 Å². The van der Waals surface area contributed by atoms with E-state index < -0.39 is 17.9 Å². The van der Waals surface area contributed by atoms with E-state index in [2.05, 4.69) is 10.6 Å². The van der Waals surface area contributed by atoms with Crippen molar-refractivity contribution < 1.29 is 23.2 Å². The van der Waals surface area contributed by atoms with Crippen molar-refractivity contribution in [3.8, 4) is 0 Å². The van der Waals surface area contributed by atoms with Crippen LogP contribution in [-0.2, 0) is 22.7 Å². The minimum atomic E-state index is -2.81. The van der Waals surface area contributed by atoms with Crippen molar-refractivity contribution in [1.82, 2.24) is 20.4 Å². The number of imide groups is 1. The lowest BCUT2D eigenvalue weighted by Crippen LogP contribution is -2.52. The maximum atomic E-state index is 14.2. The highest BCUT2D eigenvalue weighted by Gasteiger charge is 2.39. The van der Waals surface area contributed by atoms with Crippen LogP contribution in [0.4, 0.5) is 8.78 Å². The Hall–Kier alpha value is -2.39. The SMILES string of the molecule is O=C1CCC(N2Cc3ccc(CN4CCCCNCC(F)(F)C4)cc3C2=O)C(=O)N1. The highest BCUT2D eigenvalue weighted by molar-refractivity contribution is 6.05. The molecule has 3 aliphatic rings. The van der Waals surface area contributed by atoms with Gasteiger partial charge in [-0.05, 0) is 49.5 Å². The Kier molecular flexibility index (Phi) is 5.84. The van der Waals surface area contributed by atoms with Gasteiger partial charge in [0.15, 0.2) is 0 Å². The Labute approximate surface area is 173 Å². The first kappa shape index (κ1) is 20.9. The third kappa shape index (κ3) is 4.52. The van der Waals surface area contributed by atoms with E-state index in [0.717, 1.165) is 24.0 Å². The number of amides is 3. The minimum Gasteiger partial charge on any atom is -0.322 e. The number of carbonyl (C=O) groups excluding carboxylic acids is 3. The van der Waals surface area contributed by atoms with Crippen molar-refractivity contribution in [3.05, 3.63) is 34.9 Å². The molecule has 0 aromatic heterocycles. The number of rotatable bonds is 3. The third-order valence-corrected chi connectivity index (χ3v) is 5.92. The van der Waals surface area contributed by atoms with Crippen LogP contribution in [-0.4, -0.2) is 65.7 Å². The number of nitrogens with one attached hydrogen (secondary N) is 2. The van der Waals surface area contributed by atoms with Crippen LogP contribution in [0.5, 0.6) is 0 Å². The van der Waals surface area contributed by atoms with Gasteiger partial charge >= 0.3 is 0 Å². The lowest BCUT2D eigenvalue weighted by atomic mass is 10.0. The molecule has 3 aliphatic heterocycles. The molecule has 30 heavy (non-hydrogen) atoms. The molecule has 3 amide bonds. The number of nitrogens with zero attached hydrogens (tertiary/aromatic N) is 2. The smallest absolute Gasteiger partial charge is 0.272 e. The summed E-state index contributed by atoms with van der Waals surface area (Å²) in [6.07, 6.45) is 2.19. The van der Waals surface area contributed by atoms with Crippen molar-refractivity contribution in [2.24, 2.45) is 0 Å². The summed E-state index contributed by atoms with van der Waals surface area (Å²) in [5.41, 5.74) is 2.12. The molecule has 0 bridgehead atoms. The second-order valence-electron chi connectivity index (χ2n) is 8.34. The summed E-state index contributed by atoms with van der Waals surface area (Å²) in [7, 11) is 0. The van der Waals surface area contributed by atoms with Gasteiger partial charge in [-0.15, -0.1) is 0 Å². The van der Waals surface area contributed by atoms with Crippen LogP contribution in [0.15, 0.2) is 18.2 Å². The van der Waals surface area contributed by atoms with Gasteiger partial charge in [-0.2, -0.15) is 0 Å². The minimum absolute atomic E-state index is 0.208. The normalized spacial score (nSPS) is 25.3. The second kappa shape index (κ2) is 8.39. The number of piperidine rings is 1. The summed E-state index contributed by atoms with van der Waals surface area (Å²) in [5, 5.41) is 5.09. The molecular weight excluding hydrogens is 394 g/mol. The molecule has 0 radical (unpaired) electrons. The first-order chi connectivity index (χ1) is 14.3.